The molecule has 0 spiro atoms. The highest BCUT2D eigenvalue weighted by Crippen LogP contribution is 1.95. The van der Waals surface area contributed by atoms with Crippen molar-refractivity contribution in [1.29, 1.82) is 0 Å². The minimum Gasteiger partial charge on any atom is -0.479 e. The van der Waals surface area contributed by atoms with Gasteiger partial charge in [-0.05, 0) is 6.42 Å². The molecule has 0 saturated carbocycles. The average Bonchev–Trinajstić information content (AvgIpc) is 2.03. The van der Waals surface area contributed by atoms with Gasteiger partial charge in [0.25, 0.3) is 0 Å². The fourth-order valence-corrected chi connectivity index (χ4v) is 0.524. The molecule has 2 N–H and O–H groups in total. The van der Waals surface area contributed by atoms with Gasteiger partial charge in [-0.25, -0.2) is 9.59 Å². The number of hydrogen-bond donors (Lipinski definition) is 2. The summed E-state index contributed by atoms with van der Waals surface area (Å²) in [5.74, 6) is -4.03. The van der Waals surface area contributed by atoms with Crippen LogP contribution < -0.4 is 0 Å². The third kappa shape index (κ3) is 4.22. The van der Waals surface area contributed by atoms with Gasteiger partial charge in [0.05, 0.1) is 0 Å². The molecule has 13 heavy (non-hydrogen) atoms. The number of esters is 2. The Hall–Kier alpha value is -1.43. The summed E-state index contributed by atoms with van der Waals surface area (Å²) in [5, 5.41) is 16.7. The Morgan fingerprint density at radius 2 is 1.92 bits per heavy atom. The summed E-state index contributed by atoms with van der Waals surface area (Å²) in [7, 11) is 0. The molecule has 0 amide bonds. The second-order valence-electron chi connectivity index (χ2n) is 2.28. The topological polar surface area (TPSA) is 101 Å². The Kier molecular flexibility index (Phi) is 4.68. The summed E-state index contributed by atoms with van der Waals surface area (Å²) in [5.41, 5.74) is 0. The number of hydrogen-bond acceptors (Lipinski definition) is 5. The van der Waals surface area contributed by atoms with Crippen LogP contribution in [0.15, 0.2) is 0 Å². The zero-order chi connectivity index (χ0) is 10.4. The van der Waals surface area contributed by atoms with Crippen molar-refractivity contribution in [3.63, 3.8) is 0 Å². The van der Waals surface area contributed by atoms with Crippen molar-refractivity contribution < 1.29 is 29.3 Å². The maximum Gasteiger partial charge on any atom is 0.354 e. The van der Waals surface area contributed by atoms with Crippen LogP contribution in [0.3, 0.4) is 0 Å². The number of aliphatic hydroxyl groups is 1. The molecule has 0 aliphatic rings. The summed E-state index contributed by atoms with van der Waals surface area (Å²) in [6.07, 6.45) is -1.80. The summed E-state index contributed by atoms with van der Waals surface area (Å²) in [4.78, 5) is 31.2. The van der Waals surface area contributed by atoms with Crippen LogP contribution in [0.5, 0.6) is 0 Å². The Labute approximate surface area is 74.1 Å². The van der Waals surface area contributed by atoms with E-state index in [2.05, 4.69) is 4.74 Å². The Bertz CT molecular complexity index is 221. The lowest BCUT2D eigenvalue weighted by molar-refractivity contribution is -0.171. The van der Waals surface area contributed by atoms with E-state index in [0.717, 1.165) is 0 Å². The number of aliphatic hydroxyl groups excluding tert-OH is 1. The van der Waals surface area contributed by atoms with Crippen LogP contribution in [0.1, 0.15) is 19.8 Å². The van der Waals surface area contributed by atoms with Crippen molar-refractivity contribution in [3.8, 4) is 0 Å². The zero-order valence-corrected chi connectivity index (χ0v) is 7.02. The Morgan fingerprint density at radius 3 is 2.31 bits per heavy atom. The fourth-order valence-electron chi connectivity index (χ4n) is 0.524. The van der Waals surface area contributed by atoms with Gasteiger partial charge in [0.1, 0.15) is 0 Å². The average molecular weight is 190 g/mol. The molecule has 0 aromatic heterocycles. The molecule has 1 atom stereocenters. The van der Waals surface area contributed by atoms with Crippen LogP contribution in [0.25, 0.3) is 0 Å². The highest BCUT2D eigenvalue weighted by molar-refractivity contribution is 6.00. The van der Waals surface area contributed by atoms with Gasteiger partial charge >= 0.3 is 17.9 Å². The number of carboxylic acids is 1. The van der Waals surface area contributed by atoms with Gasteiger partial charge in [-0.15, -0.1) is 0 Å². The molecule has 0 rings (SSSR count). The second kappa shape index (κ2) is 5.26. The number of carboxylic acid groups (broad SMARTS) is 1. The Balaban J connectivity index is 4.00. The van der Waals surface area contributed by atoms with E-state index in [-0.39, 0.29) is 6.42 Å². The molecule has 1 unspecified atom stereocenters. The SMILES string of the molecule is CCCC(=O)OC(=O)C(O)C(=O)O. The van der Waals surface area contributed by atoms with Crippen LogP contribution in [-0.4, -0.2) is 34.2 Å². The first-order valence-electron chi connectivity index (χ1n) is 3.64. The maximum absolute atomic E-state index is 10.6. The lowest BCUT2D eigenvalue weighted by atomic mass is 10.3. The van der Waals surface area contributed by atoms with Gasteiger partial charge in [0.2, 0.25) is 6.10 Å². The van der Waals surface area contributed by atoms with E-state index < -0.39 is 24.0 Å². The molecule has 0 aromatic rings. The van der Waals surface area contributed by atoms with Gasteiger partial charge in [0.15, 0.2) is 0 Å². The molecule has 74 valence electrons. The molecule has 0 saturated heterocycles. The maximum atomic E-state index is 10.6. The summed E-state index contributed by atoms with van der Waals surface area (Å²) >= 11 is 0. The second-order valence-corrected chi connectivity index (χ2v) is 2.28. The van der Waals surface area contributed by atoms with Gasteiger partial charge in [-0.2, -0.15) is 0 Å². The number of rotatable bonds is 4. The first kappa shape index (κ1) is 11.6. The first-order chi connectivity index (χ1) is 5.99. The molecule has 0 bridgehead atoms. The quantitative estimate of drug-likeness (QED) is 0.449. The summed E-state index contributed by atoms with van der Waals surface area (Å²) in [6.45, 7) is 1.69. The van der Waals surface area contributed by atoms with Crippen molar-refractivity contribution in [2.45, 2.75) is 25.9 Å². The molecule has 6 nitrogen and oxygen atoms in total. The third-order valence-electron chi connectivity index (χ3n) is 1.13. The van der Waals surface area contributed by atoms with E-state index in [9.17, 15) is 14.4 Å². The van der Waals surface area contributed by atoms with Gasteiger partial charge in [0, 0.05) is 6.42 Å². The molecule has 0 aliphatic heterocycles. The van der Waals surface area contributed by atoms with E-state index in [1.807, 2.05) is 0 Å². The predicted octanol–water partition coefficient (Wildman–Crippen LogP) is -0.698. The molecule has 0 fully saturated rings. The number of carbonyl (C=O) groups is 3. The normalized spacial score (nSPS) is 11.8. The van der Waals surface area contributed by atoms with Crippen LogP contribution in [0, 0.1) is 0 Å². The van der Waals surface area contributed by atoms with Gasteiger partial charge in [-0.1, -0.05) is 6.92 Å². The van der Waals surface area contributed by atoms with E-state index in [1.165, 1.54) is 0 Å². The number of aliphatic carboxylic acids is 1. The zero-order valence-electron chi connectivity index (χ0n) is 7.02. The summed E-state index contributed by atoms with van der Waals surface area (Å²) < 4.78 is 4.01. The lowest BCUT2D eigenvalue weighted by Gasteiger charge is -2.03. The molecule has 0 radical (unpaired) electrons. The van der Waals surface area contributed by atoms with E-state index in [4.69, 9.17) is 10.2 Å². The van der Waals surface area contributed by atoms with Crippen molar-refractivity contribution in [2.24, 2.45) is 0 Å². The van der Waals surface area contributed by atoms with E-state index in [1.54, 1.807) is 6.92 Å². The van der Waals surface area contributed by atoms with Gasteiger partial charge < -0.3 is 14.9 Å². The minimum absolute atomic E-state index is 0.0120. The van der Waals surface area contributed by atoms with Crippen LogP contribution in [-0.2, 0) is 19.1 Å². The minimum atomic E-state index is -2.29. The smallest absolute Gasteiger partial charge is 0.354 e. The van der Waals surface area contributed by atoms with E-state index >= 15 is 0 Å². The standard InChI is InChI=1S/C7H10O6/c1-2-3-4(8)13-7(12)5(9)6(10)11/h5,9H,2-3H2,1H3,(H,10,11). The Morgan fingerprint density at radius 1 is 1.38 bits per heavy atom. The highest BCUT2D eigenvalue weighted by Gasteiger charge is 2.26. The van der Waals surface area contributed by atoms with Gasteiger partial charge in [-0.3, -0.25) is 4.79 Å². The predicted molar refractivity (Wildman–Crippen MR) is 39.6 cm³/mol. The number of carbonyl (C=O) groups excluding carboxylic acids is 2. The lowest BCUT2D eigenvalue weighted by Crippen LogP contribution is -2.32. The van der Waals surface area contributed by atoms with E-state index in [0.29, 0.717) is 6.42 Å². The number of ether oxygens (including phenoxy) is 1. The molecule has 6 heteroatoms. The van der Waals surface area contributed by atoms with Crippen LogP contribution in [0.2, 0.25) is 0 Å². The van der Waals surface area contributed by atoms with Crippen molar-refractivity contribution >= 4 is 17.9 Å². The molecule has 0 heterocycles. The molecule has 0 aromatic carbocycles. The molecule has 0 aliphatic carbocycles. The van der Waals surface area contributed by atoms with Crippen molar-refractivity contribution in [1.82, 2.24) is 0 Å². The highest BCUT2D eigenvalue weighted by atomic mass is 16.6. The first-order valence-corrected chi connectivity index (χ1v) is 3.64. The van der Waals surface area contributed by atoms with Crippen LogP contribution in [0.4, 0.5) is 0 Å². The van der Waals surface area contributed by atoms with Crippen LogP contribution >= 0.6 is 0 Å². The fraction of sp³-hybridized carbons (Fsp3) is 0.571. The monoisotopic (exact) mass is 190 g/mol. The largest absolute Gasteiger partial charge is 0.479 e. The van der Waals surface area contributed by atoms with Crippen molar-refractivity contribution in [3.05, 3.63) is 0 Å². The third-order valence-corrected chi connectivity index (χ3v) is 1.13. The molecular weight excluding hydrogens is 180 g/mol. The van der Waals surface area contributed by atoms with Crippen molar-refractivity contribution in [2.75, 3.05) is 0 Å². The summed E-state index contributed by atoms with van der Waals surface area (Å²) in [6, 6.07) is 0. The molecular formula is C7H10O6.